The summed E-state index contributed by atoms with van der Waals surface area (Å²) in [5, 5.41) is 2.90. The number of carbonyl (C=O) groups is 1. The molecule has 1 amide bonds. The molecule has 0 heterocycles. The summed E-state index contributed by atoms with van der Waals surface area (Å²) < 4.78 is 28.5. The average molecular weight is 347 g/mol. The summed E-state index contributed by atoms with van der Waals surface area (Å²) in [7, 11) is -3.23. The van der Waals surface area contributed by atoms with E-state index in [0.717, 1.165) is 11.8 Å². The minimum Gasteiger partial charge on any atom is -0.493 e. The predicted molar refractivity (Wildman–Crippen MR) is 93.0 cm³/mol. The molecule has 6 heteroatoms. The van der Waals surface area contributed by atoms with Crippen molar-refractivity contribution in [2.75, 3.05) is 12.9 Å². The van der Waals surface area contributed by atoms with Crippen LogP contribution in [0.25, 0.3) is 0 Å². The summed E-state index contributed by atoms with van der Waals surface area (Å²) in [4.78, 5) is 12.7. The topological polar surface area (TPSA) is 72.5 Å². The van der Waals surface area contributed by atoms with Crippen LogP contribution in [0.15, 0.2) is 53.4 Å². The summed E-state index contributed by atoms with van der Waals surface area (Å²) in [6.07, 6.45) is 1.16. The van der Waals surface area contributed by atoms with Crippen molar-refractivity contribution in [3.8, 4) is 5.75 Å². The van der Waals surface area contributed by atoms with Gasteiger partial charge >= 0.3 is 0 Å². The van der Waals surface area contributed by atoms with E-state index < -0.39 is 9.84 Å². The van der Waals surface area contributed by atoms with Crippen LogP contribution in [-0.2, 0) is 9.84 Å². The monoisotopic (exact) mass is 347 g/mol. The Bertz CT molecular complexity index is 813. The fourth-order valence-electron chi connectivity index (χ4n) is 2.30. The molecule has 0 aliphatic rings. The van der Waals surface area contributed by atoms with Gasteiger partial charge in [0.05, 0.1) is 23.1 Å². The first-order valence-corrected chi connectivity index (χ1v) is 9.54. The molecule has 1 N–H and O–H groups in total. The lowest BCUT2D eigenvalue weighted by Crippen LogP contribution is -2.27. The molecule has 2 aromatic rings. The standard InChI is InChI=1S/C18H21NO4S/c1-4-23-17-8-6-5-7-16(17)18(20)19-13(2)14-9-11-15(12-10-14)24(3,21)22/h5-13H,4H2,1-3H3,(H,19,20)/t13-/m0/s1. The van der Waals surface area contributed by atoms with E-state index in [1.54, 1.807) is 42.5 Å². The SMILES string of the molecule is CCOc1ccccc1C(=O)N[C@@H](C)c1ccc(S(C)(=O)=O)cc1. The number of nitrogens with one attached hydrogen (secondary N) is 1. The van der Waals surface area contributed by atoms with Crippen LogP contribution in [0.1, 0.15) is 35.8 Å². The Balaban J connectivity index is 2.14. The van der Waals surface area contributed by atoms with Crippen molar-refractivity contribution in [3.63, 3.8) is 0 Å². The fraction of sp³-hybridized carbons (Fsp3) is 0.278. The molecule has 0 fully saturated rings. The molecule has 0 aliphatic heterocycles. The van der Waals surface area contributed by atoms with Gasteiger partial charge in [0, 0.05) is 6.26 Å². The maximum atomic E-state index is 12.5. The van der Waals surface area contributed by atoms with Gasteiger partial charge in [-0.05, 0) is 43.7 Å². The molecule has 24 heavy (non-hydrogen) atoms. The number of hydrogen-bond donors (Lipinski definition) is 1. The molecule has 2 rings (SSSR count). The van der Waals surface area contributed by atoms with Gasteiger partial charge in [0.1, 0.15) is 5.75 Å². The second kappa shape index (κ2) is 7.49. The highest BCUT2D eigenvalue weighted by molar-refractivity contribution is 7.90. The lowest BCUT2D eigenvalue weighted by atomic mass is 10.1. The summed E-state index contributed by atoms with van der Waals surface area (Å²) >= 11 is 0. The molecule has 0 saturated carbocycles. The Morgan fingerprint density at radius 2 is 1.75 bits per heavy atom. The van der Waals surface area contributed by atoms with Gasteiger partial charge in [-0.15, -0.1) is 0 Å². The third-order valence-corrected chi connectivity index (χ3v) is 4.72. The summed E-state index contributed by atoms with van der Waals surface area (Å²) in [5.74, 6) is 0.302. The highest BCUT2D eigenvalue weighted by Crippen LogP contribution is 2.20. The van der Waals surface area contributed by atoms with Crippen molar-refractivity contribution in [1.82, 2.24) is 5.32 Å². The van der Waals surface area contributed by atoms with Gasteiger partial charge < -0.3 is 10.1 Å². The minimum atomic E-state index is -3.23. The zero-order chi connectivity index (χ0) is 17.7. The van der Waals surface area contributed by atoms with Gasteiger partial charge in [0.25, 0.3) is 5.91 Å². The largest absolute Gasteiger partial charge is 0.493 e. The van der Waals surface area contributed by atoms with E-state index in [9.17, 15) is 13.2 Å². The number of carbonyl (C=O) groups excluding carboxylic acids is 1. The smallest absolute Gasteiger partial charge is 0.255 e. The average Bonchev–Trinajstić information content (AvgIpc) is 2.55. The normalized spacial score (nSPS) is 12.5. The number of sulfone groups is 1. The quantitative estimate of drug-likeness (QED) is 0.872. The van der Waals surface area contributed by atoms with Crippen LogP contribution >= 0.6 is 0 Å². The van der Waals surface area contributed by atoms with Crippen LogP contribution in [-0.4, -0.2) is 27.2 Å². The first-order chi connectivity index (χ1) is 11.3. The Labute approximate surface area is 142 Å². The molecular formula is C18H21NO4S. The molecule has 0 bridgehead atoms. The molecule has 0 spiro atoms. The van der Waals surface area contributed by atoms with Crippen LogP contribution in [0.3, 0.4) is 0 Å². The first-order valence-electron chi connectivity index (χ1n) is 7.65. The van der Waals surface area contributed by atoms with E-state index >= 15 is 0 Å². The number of benzene rings is 2. The van der Waals surface area contributed by atoms with E-state index in [1.165, 1.54) is 0 Å². The van der Waals surface area contributed by atoms with Crippen molar-refractivity contribution >= 4 is 15.7 Å². The van der Waals surface area contributed by atoms with Gasteiger partial charge in [0.15, 0.2) is 9.84 Å². The third kappa shape index (κ3) is 4.35. The first kappa shape index (κ1) is 18.0. The van der Waals surface area contributed by atoms with Crippen molar-refractivity contribution in [3.05, 3.63) is 59.7 Å². The number of rotatable bonds is 6. The van der Waals surface area contributed by atoms with Crippen molar-refractivity contribution in [2.24, 2.45) is 0 Å². The number of para-hydroxylation sites is 1. The molecule has 5 nitrogen and oxygen atoms in total. The molecule has 1 atom stereocenters. The van der Waals surface area contributed by atoms with Gasteiger partial charge in [-0.1, -0.05) is 24.3 Å². The van der Waals surface area contributed by atoms with Crippen LogP contribution < -0.4 is 10.1 Å². The van der Waals surface area contributed by atoms with Crippen LogP contribution in [0.5, 0.6) is 5.75 Å². The molecular weight excluding hydrogens is 326 g/mol. The highest BCUT2D eigenvalue weighted by Gasteiger charge is 2.16. The fourth-order valence-corrected chi connectivity index (χ4v) is 2.93. The van der Waals surface area contributed by atoms with E-state index in [-0.39, 0.29) is 16.8 Å². The maximum Gasteiger partial charge on any atom is 0.255 e. The third-order valence-electron chi connectivity index (χ3n) is 3.59. The Hall–Kier alpha value is -2.34. The molecule has 0 saturated heterocycles. The molecule has 0 unspecified atom stereocenters. The molecule has 0 aromatic heterocycles. The van der Waals surface area contributed by atoms with Crippen LogP contribution in [0.2, 0.25) is 0 Å². The van der Waals surface area contributed by atoms with E-state index in [4.69, 9.17) is 4.74 Å². The van der Waals surface area contributed by atoms with E-state index in [0.29, 0.717) is 17.9 Å². The van der Waals surface area contributed by atoms with Crippen LogP contribution in [0, 0.1) is 0 Å². The summed E-state index contributed by atoms with van der Waals surface area (Å²) in [5.41, 5.74) is 1.29. The van der Waals surface area contributed by atoms with Gasteiger partial charge in [-0.25, -0.2) is 8.42 Å². The van der Waals surface area contributed by atoms with Gasteiger partial charge in [-0.3, -0.25) is 4.79 Å². The highest BCUT2D eigenvalue weighted by atomic mass is 32.2. The second-order valence-electron chi connectivity index (χ2n) is 5.47. The lowest BCUT2D eigenvalue weighted by Gasteiger charge is -2.16. The molecule has 0 aliphatic carbocycles. The van der Waals surface area contributed by atoms with E-state index in [2.05, 4.69) is 5.32 Å². The number of amides is 1. The summed E-state index contributed by atoms with van der Waals surface area (Å²) in [6, 6.07) is 13.3. The molecule has 0 radical (unpaired) electrons. The Morgan fingerprint density at radius 3 is 2.33 bits per heavy atom. The summed E-state index contributed by atoms with van der Waals surface area (Å²) in [6.45, 7) is 4.18. The van der Waals surface area contributed by atoms with Gasteiger partial charge in [-0.2, -0.15) is 0 Å². The van der Waals surface area contributed by atoms with Crippen molar-refractivity contribution < 1.29 is 17.9 Å². The molecule has 2 aromatic carbocycles. The molecule has 128 valence electrons. The van der Waals surface area contributed by atoms with Crippen LogP contribution in [0.4, 0.5) is 0 Å². The van der Waals surface area contributed by atoms with E-state index in [1.807, 2.05) is 19.9 Å². The predicted octanol–water partition coefficient (Wildman–Crippen LogP) is 2.98. The Kier molecular flexibility index (Phi) is 5.62. The van der Waals surface area contributed by atoms with Crippen molar-refractivity contribution in [2.45, 2.75) is 24.8 Å². The van der Waals surface area contributed by atoms with Crippen molar-refractivity contribution in [1.29, 1.82) is 0 Å². The maximum absolute atomic E-state index is 12.5. The zero-order valence-electron chi connectivity index (χ0n) is 13.9. The second-order valence-corrected chi connectivity index (χ2v) is 7.48. The minimum absolute atomic E-state index is 0.237. The lowest BCUT2D eigenvalue weighted by molar-refractivity contribution is 0.0936. The zero-order valence-corrected chi connectivity index (χ0v) is 14.8. The Morgan fingerprint density at radius 1 is 1.12 bits per heavy atom. The number of hydrogen-bond acceptors (Lipinski definition) is 4. The van der Waals surface area contributed by atoms with Gasteiger partial charge in [0.2, 0.25) is 0 Å². The number of ether oxygens (including phenoxy) is 1.